The molecule has 1 N–H and O–H groups in total. The van der Waals surface area contributed by atoms with Gasteiger partial charge in [-0.15, -0.1) is 0 Å². The topological polar surface area (TPSA) is 91.9 Å². The molecule has 2 aromatic rings. The van der Waals surface area contributed by atoms with Gasteiger partial charge in [0.25, 0.3) is 11.8 Å². The van der Waals surface area contributed by atoms with Gasteiger partial charge in [0, 0.05) is 31.1 Å². The first kappa shape index (κ1) is 16.0. The summed E-state index contributed by atoms with van der Waals surface area (Å²) in [6.45, 7) is 3.23. The third-order valence-electron chi connectivity index (χ3n) is 4.60. The summed E-state index contributed by atoms with van der Waals surface area (Å²) in [6.07, 6.45) is 0. The number of carboxylic acid groups (broad SMARTS) is 1. The molecule has 1 aromatic heterocycles. The molecule has 8 heteroatoms. The fourth-order valence-electron chi connectivity index (χ4n) is 3.54. The fourth-order valence-corrected chi connectivity index (χ4v) is 3.54. The molecule has 3 heterocycles. The minimum atomic E-state index is -0.807. The van der Waals surface area contributed by atoms with Crippen molar-refractivity contribution in [2.75, 3.05) is 44.3 Å². The molecule has 2 aliphatic rings. The third kappa shape index (κ3) is 3.49. The summed E-state index contributed by atoms with van der Waals surface area (Å²) in [6, 6.07) is 9.65. The lowest BCUT2D eigenvalue weighted by Gasteiger charge is -2.29. The minimum absolute atomic E-state index is 0.00748. The van der Waals surface area contributed by atoms with E-state index in [4.69, 9.17) is 14.4 Å². The summed E-state index contributed by atoms with van der Waals surface area (Å²) >= 11 is 0. The Labute approximate surface area is 145 Å². The van der Waals surface area contributed by atoms with E-state index in [0.717, 1.165) is 12.1 Å². The average molecular weight is 344 g/mol. The Morgan fingerprint density at radius 3 is 2.84 bits per heavy atom. The van der Waals surface area contributed by atoms with Gasteiger partial charge in [-0.05, 0) is 17.3 Å². The SMILES string of the molecule is O=C(O)CN1C[C@@H]2COC[C@H](C1)N(c1noc(-c3ccccc3)n1)C2. The van der Waals surface area contributed by atoms with Gasteiger partial charge < -0.3 is 19.3 Å². The number of anilines is 1. The molecule has 2 atom stereocenters. The summed E-state index contributed by atoms with van der Waals surface area (Å²) in [5.41, 5.74) is 0.878. The minimum Gasteiger partial charge on any atom is -0.480 e. The van der Waals surface area contributed by atoms with Crippen molar-refractivity contribution in [3.05, 3.63) is 30.3 Å². The molecule has 0 amide bonds. The zero-order valence-corrected chi connectivity index (χ0v) is 13.7. The smallest absolute Gasteiger partial charge is 0.317 e. The number of rotatable bonds is 4. The van der Waals surface area contributed by atoms with Crippen LogP contribution < -0.4 is 4.90 Å². The van der Waals surface area contributed by atoms with E-state index in [-0.39, 0.29) is 18.5 Å². The fraction of sp³-hybridized carbons (Fsp3) is 0.471. The van der Waals surface area contributed by atoms with Crippen LogP contribution in [-0.4, -0.2) is 71.6 Å². The first-order chi connectivity index (χ1) is 12.2. The monoisotopic (exact) mass is 344 g/mol. The molecule has 0 saturated carbocycles. The number of ether oxygens (including phenoxy) is 1. The third-order valence-corrected chi connectivity index (χ3v) is 4.60. The van der Waals surface area contributed by atoms with E-state index in [2.05, 4.69) is 15.0 Å². The Hall–Kier alpha value is -2.45. The Kier molecular flexibility index (Phi) is 4.37. The summed E-state index contributed by atoms with van der Waals surface area (Å²) in [5, 5.41) is 13.3. The van der Waals surface area contributed by atoms with Gasteiger partial charge in [-0.3, -0.25) is 9.69 Å². The lowest BCUT2D eigenvalue weighted by molar-refractivity contribution is -0.138. The van der Waals surface area contributed by atoms with Crippen molar-refractivity contribution >= 4 is 11.9 Å². The van der Waals surface area contributed by atoms with Gasteiger partial charge in [0.2, 0.25) is 0 Å². The van der Waals surface area contributed by atoms with Crippen LogP contribution in [0.1, 0.15) is 0 Å². The van der Waals surface area contributed by atoms with Crippen LogP contribution in [0.3, 0.4) is 0 Å². The van der Waals surface area contributed by atoms with Crippen molar-refractivity contribution in [3.8, 4) is 11.5 Å². The lowest BCUT2D eigenvalue weighted by atomic mass is 10.1. The molecular formula is C17H20N4O4. The summed E-state index contributed by atoms with van der Waals surface area (Å²) in [7, 11) is 0. The van der Waals surface area contributed by atoms with Gasteiger partial charge in [0.1, 0.15) is 0 Å². The number of nitrogens with zero attached hydrogens (tertiary/aromatic N) is 4. The van der Waals surface area contributed by atoms with E-state index in [0.29, 0.717) is 38.1 Å². The van der Waals surface area contributed by atoms with Gasteiger partial charge >= 0.3 is 5.97 Å². The van der Waals surface area contributed by atoms with Crippen LogP contribution >= 0.6 is 0 Å². The molecule has 0 radical (unpaired) electrons. The van der Waals surface area contributed by atoms with Crippen molar-refractivity contribution in [2.45, 2.75) is 6.04 Å². The number of aliphatic carboxylic acids is 1. The molecular weight excluding hydrogens is 324 g/mol. The highest BCUT2D eigenvalue weighted by Gasteiger charge is 2.36. The summed E-state index contributed by atoms with van der Waals surface area (Å²) in [4.78, 5) is 19.7. The second-order valence-corrected chi connectivity index (χ2v) is 6.56. The van der Waals surface area contributed by atoms with Gasteiger partial charge in [-0.25, -0.2) is 0 Å². The number of fused-ring (bicyclic) bond motifs is 3. The second kappa shape index (κ2) is 6.81. The zero-order chi connectivity index (χ0) is 17.2. The van der Waals surface area contributed by atoms with Crippen LogP contribution in [0.5, 0.6) is 0 Å². The highest BCUT2D eigenvalue weighted by molar-refractivity contribution is 5.69. The van der Waals surface area contributed by atoms with Gasteiger partial charge in [0.05, 0.1) is 25.8 Å². The van der Waals surface area contributed by atoms with Gasteiger partial charge in [-0.1, -0.05) is 18.2 Å². The molecule has 8 nitrogen and oxygen atoms in total. The molecule has 25 heavy (non-hydrogen) atoms. The number of carboxylic acids is 1. The number of hydrogen-bond donors (Lipinski definition) is 1. The highest BCUT2D eigenvalue weighted by atomic mass is 16.5. The number of hydrogen-bond acceptors (Lipinski definition) is 7. The molecule has 2 bridgehead atoms. The molecule has 4 rings (SSSR count). The Morgan fingerprint density at radius 2 is 2.04 bits per heavy atom. The predicted molar refractivity (Wildman–Crippen MR) is 89.3 cm³/mol. The standard InChI is InChI=1S/C17H20N4O4/c22-15(23)9-20-6-12-7-21(14(8-20)11-24-10-12)17-18-16(25-19-17)13-4-2-1-3-5-13/h1-5,12,14H,6-11H2,(H,22,23)/t12-,14-/m0/s1. The van der Waals surface area contributed by atoms with Gasteiger partial charge in [0.15, 0.2) is 0 Å². The van der Waals surface area contributed by atoms with E-state index in [1.54, 1.807) is 0 Å². The Morgan fingerprint density at radius 1 is 1.20 bits per heavy atom. The molecule has 0 aliphatic carbocycles. The van der Waals surface area contributed by atoms with Crippen LogP contribution in [-0.2, 0) is 9.53 Å². The number of aromatic nitrogens is 2. The van der Waals surface area contributed by atoms with E-state index in [1.165, 1.54) is 0 Å². The van der Waals surface area contributed by atoms with Crippen molar-refractivity contribution in [1.29, 1.82) is 0 Å². The summed E-state index contributed by atoms with van der Waals surface area (Å²) < 4.78 is 11.2. The normalized spacial score (nSPS) is 24.1. The molecule has 0 unspecified atom stereocenters. The zero-order valence-electron chi connectivity index (χ0n) is 13.7. The maximum Gasteiger partial charge on any atom is 0.317 e. The summed E-state index contributed by atoms with van der Waals surface area (Å²) in [5.74, 6) is 0.429. The van der Waals surface area contributed by atoms with E-state index >= 15 is 0 Å². The van der Waals surface area contributed by atoms with Crippen molar-refractivity contribution in [2.24, 2.45) is 5.92 Å². The van der Waals surface area contributed by atoms with Crippen LogP contribution in [0.2, 0.25) is 0 Å². The average Bonchev–Trinajstić information content (AvgIpc) is 2.91. The van der Waals surface area contributed by atoms with E-state index in [9.17, 15) is 4.79 Å². The van der Waals surface area contributed by atoms with Crippen LogP contribution in [0.4, 0.5) is 5.95 Å². The highest BCUT2D eigenvalue weighted by Crippen LogP contribution is 2.26. The van der Waals surface area contributed by atoms with Crippen molar-refractivity contribution < 1.29 is 19.2 Å². The molecule has 2 saturated heterocycles. The van der Waals surface area contributed by atoms with Crippen LogP contribution in [0.15, 0.2) is 34.9 Å². The quantitative estimate of drug-likeness (QED) is 0.877. The number of carbonyl (C=O) groups is 1. The Balaban J connectivity index is 1.58. The molecule has 1 aromatic carbocycles. The maximum atomic E-state index is 11.1. The second-order valence-electron chi connectivity index (χ2n) is 6.56. The van der Waals surface area contributed by atoms with E-state index < -0.39 is 5.97 Å². The lowest BCUT2D eigenvalue weighted by Crippen LogP contribution is -2.45. The molecule has 2 fully saturated rings. The van der Waals surface area contributed by atoms with Crippen LogP contribution in [0, 0.1) is 5.92 Å². The first-order valence-corrected chi connectivity index (χ1v) is 8.36. The van der Waals surface area contributed by atoms with Crippen molar-refractivity contribution in [1.82, 2.24) is 15.0 Å². The van der Waals surface area contributed by atoms with Crippen LogP contribution in [0.25, 0.3) is 11.5 Å². The number of benzene rings is 1. The van der Waals surface area contributed by atoms with Crippen molar-refractivity contribution in [3.63, 3.8) is 0 Å². The molecule has 132 valence electrons. The predicted octanol–water partition coefficient (Wildman–Crippen LogP) is 0.958. The van der Waals surface area contributed by atoms with Gasteiger partial charge in [-0.2, -0.15) is 4.98 Å². The van der Waals surface area contributed by atoms with E-state index in [1.807, 2.05) is 35.2 Å². The largest absolute Gasteiger partial charge is 0.480 e. The molecule has 0 spiro atoms. The Bertz CT molecular complexity index is 735. The maximum absolute atomic E-state index is 11.1. The molecule has 2 aliphatic heterocycles. The first-order valence-electron chi connectivity index (χ1n) is 8.36.